The first-order chi connectivity index (χ1) is 8.15. The fourth-order valence-electron chi connectivity index (χ4n) is 2.03. The lowest BCUT2D eigenvalue weighted by molar-refractivity contribution is 0.162. The normalized spacial score (nSPS) is 15.8. The molecule has 2 rings (SSSR count). The van der Waals surface area contributed by atoms with Crippen LogP contribution in [-0.2, 0) is 0 Å². The van der Waals surface area contributed by atoms with Gasteiger partial charge in [0.25, 0.3) is 0 Å². The van der Waals surface area contributed by atoms with Crippen molar-refractivity contribution in [3.05, 3.63) is 22.2 Å². The number of ether oxygens (including phenoxy) is 2. The highest BCUT2D eigenvalue weighted by molar-refractivity contribution is 6.31. The maximum atomic E-state index is 10.0. The van der Waals surface area contributed by atoms with Crippen molar-refractivity contribution in [1.29, 1.82) is 0 Å². The second-order valence-corrected chi connectivity index (χ2v) is 4.40. The van der Waals surface area contributed by atoms with Crippen molar-refractivity contribution in [1.82, 2.24) is 5.32 Å². The molecular formula is C12H16ClNO3. The van der Waals surface area contributed by atoms with Crippen LogP contribution in [0.1, 0.15) is 17.2 Å². The van der Waals surface area contributed by atoms with Crippen molar-refractivity contribution in [2.75, 3.05) is 26.8 Å². The van der Waals surface area contributed by atoms with Gasteiger partial charge in [0.05, 0.1) is 11.1 Å². The van der Waals surface area contributed by atoms with Crippen molar-refractivity contribution in [3.63, 3.8) is 0 Å². The van der Waals surface area contributed by atoms with Gasteiger partial charge in [0.2, 0.25) is 0 Å². The van der Waals surface area contributed by atoms with Crippen LogP contribution in [0.2, 0.25) is 5.02 Å². The average molecular weight is 258 g/mol. The number of hydrogen-bond acceptors (Lipinski definition) is 4. The molecule has 0 amide bonds. The summed E-state index contributed by atoms with van der Waals surface area (Å²) in [7, 11) is 1.78. The Kier molecular flexibility index (Phi) is 3.76. The molecule has 94 valence electrons. The van der Waals surface area contributed by atoms with Crippen LogP contribution in [-0.4, -0.2) is 31.9 Å². The van der Waals surface area contributed by atoms with E-state index in [4.69, 9.17) is 21.1 Å². The second-order valence-electron chi connectivity index (χ2n) is 3.99. The van der Waals surface area contributed by atoms with E-state index in [2.05, 4.69) is 5.32 Å². The van der Waals surface area contributed by atoms with Gasteiger partial charge in [-0.3, -0.25) is 0 Å². The molecule has 0 fully saturated rings. The standard InChI is InChI=1S/C12H16ClNO3/c1-7-11(9(15)6-14-2)8(13)5-10-12(7)17-4-3-16-10/h5,9,14-15H,3-4,6H2,1-2H3. The number of nitrogens with one attached hydrogen (secondary N) is 1. The van der Waals surface area contributed by atoms with E-state index in [1.54, 1.807) is 13.1 Å². The quantitative estimate of drug-likeness (QED) is 0.865. The summed E-state index contributed by atoms with van der Waals surface area (Å²) in [5, 5.41) is 13.5. The fraction of sp³-hybridized carbons (Fsp3) is 0.500. The lowest BCUT2D eigenvalue weighted by atomic mass is 10.0. The molecule has 1 heterocycles. The predicted octanol–water partition coefficient (Wildman–Crippen LogP) is 1.67. The number of aliphatic hydroxyl groups is 1. The van der Waals surface area contributed by atoms with Gasteiger partial charge in [-0.15, -0.1) is 0 Å². The zero-order chi connectivity index (χ0) is 12.4. The van der Waals surface area contributed by atoms with Gasteiger partial charge in [-0.1, -0.05) is 11.6 Å². The largest absolute Gasteiger partial charge is 0.486 e. The van der Waals surface area contributed by atoms with Crippen molar-refractivity contribution < 1.29 is 14.6 Å². The third-order valence-electron chi connectivity index (χ3n) is 2.80. The van der Waals surface area contributed by atoms with E-state index < -0.39 is 6.10 Å². The van der Waals surface area contributed by atoms with Gasteiger partial charge < -0.3 is 19.9 Å². The van der Waals surface area contributed by atoms with Crippen LogP contribution in [0.5, 0.6) is 11.5 Å². The Morgan fingerprint density at radius 1 is 1.47 bits per heavy atom. The molecule has 0 radical (unpaired) electrons. The third-order valence-corrected chi connectivity index (χ3v) is 3.11. The van der Waals surface area contributed by atoms with Crippen LogP contribution in [0.15, 0.2) is 6.07 Å². The molecule has 0 saturated heterocycles. The molecule has 2 N–H and O–H groups in total. The van der Waals surface area contributed by atoms with Crippen LogP contribution in [0, 0.1) is 6.92 Å². The molecule has 1 aliphatic heterocycles. The molecule has 1 aromatic carbocycles. The molecule has 17 heavy (non-hydrogen) atoms. The van der Waals surface area contributed by atoms with E-state index in [-0.39, 0.29) is 0 Å². The zero-order valence-corrected chi connectivity index (χ0v) is 10.7. The summed E-state index contributed by atoms with van der Waals surface area (Å²) < 4.78 is 11.0. The zero-order valence-electron chi connectivity index (χ0n) is 9.92. The van der Waals surface area contributed by atoms with E-state index in [1.807, 2.05) is 6.92 Å². The minimum absolute atomic E-state index is 0.445. The molecule has 0 spiro atoms. The molecule has 0 saturated carbocycles. The summed E-state index contributed by atoms with van der Waals surface area (Å²) in [6.07, 6.45) is -0.650. The summed E-state index contributed by atoms with van der Waals surface area (Å²) >= 11 is 6.17. The first kappa shape index (κ1) is 12.5. The topological polar surface area (TPSA) is 50.7 Å². The third kappa shape index (κ3) is 2.34. The van der Waals surface area contributed by atoms with Gasteiger partial charge in [-0.25, -0.2) is 0 Å². The number of hydrogen-bond donors (Lipinski definition) is 2. The van der Waals surface area contributed by atoms with Crippen LogP contribution < -0.4 is 14.8 Å². The lowest BCUT2D eigenvalue weighted by Gasteiger charge is -2.24. The Morgan fingerprint density at radius 3 is 2.88 bits per heavy atom. The molecule has 0 aliphatic carbocycles. The Labute approximate surface area is 105 Å². The summed E-state index contributed by atoms with van der Waals surface area (Å²) in [4.78, 5) is 0. The highest BCUT2D eigenvalue weighted by Gasteiger charge is 2.23. The first-order valence-corrected chi connectivity index (χ1v) is 5.94. The number of likely N-dealkylation sites (N-methyl/N-ethyl adjacent to an activating group) is 1. The summed E-state index contributed by atoms with van der Waals surface area (Å²) in [6, 6.07) is 1.71. The number of fused-ring (bicyclic) bond motifs is 1. The molecule has 1 aliphatic rings. The fourth-order valence-corrected chi connectivity index (χ4v) is 2.40. The maximum absolute atomic E-state index is 10.0. The monoisotopic (exact) mass is 257 g/mol. The van der Waals surface area contributed by atoms with Crippen LogP contribution >= 0.6 is 11.6 Å². The number of halogens is 1. The Morgan fingerprint density at radius 2 is 2.18 bits per heavy atom. The van der Waals surface area contributed by atoms with Crippen molar-refractivity contribution in [3.8, 4) is 11.5 Å². The van der Waals surface area contributed by atoms with Crippen LogP contribution in [0.3, 0.4) is 0 Å². The molecule has 1 atom stereocenters. The van der Waals surface area contributed by atoms with Gasteiger partial charge in [0.15, 0.2) is 11.5 Å². The minimum atomic E-state index is -0.650. The predicted molar refractivity (Wildman–Crippen MR) is 66.1 cm³/mol. The smallest absolute Gasteiger partial charge is 0.164 e. The first-order valence-electron chi connectivity index (χ1n) is 5.56. The van der Waals surface area contributed by atoms with Crippen LogP contribution in [0.4, 0.5) is 0 Å². The highest BCUT2D eigenvalue weighted by Crippen LogP contribution is 2.41. The van der Waals surface area contributed by atoms with Gasteiger partial charge in [0, 0.05) is 23.7 Å². The average Bonchev–Trinajstić information content (AvgIpc) is 2.29. The Bertz CT molecular complexity index is 423. The van der Waals surface area contributed by atoms with Crippen molar-refractivity contribution in [2.45, 2.75) is 13.0 Å². The van der Waals surface area contributed by atoms with Gasteiger partial charge in [0.1, 0.15) is 13.2 Å². The molecule has 0 bridgehead atoms. The Balaban J connectivity index is 2.45. The lowest BCUT2D eigenvalue weighted by Crippen LogP contribution is -2.20. The molecule has 1 unspecified atom stereocenters. The van der Waals surface area contributed by atoms with Gasteiger partial charge in [-0.2, -0.15) is 0 Å². The molecular weight excluding hydrogens is 242 g/mol. The summed E-state index contributed by atoms with van der Waals surface area (Å²) in [6.45, 7) is 3.38. The summed E-state index contributed by atoms with van der Waals surface area (Å²) in [5.74, 6) is 1.34. The second kappa shape index (κ2) is 5.12. The highest BCUT2D eigenvalue weighted by atomic mass is 35.5. The Hall–Kier alpha value is -0.970. The van der Waals surface area contributed by atoms with Crippen LogP contribution in [0.25, 0.3) is 0 Å². The maximum Gasteiger partial charge on any atom is 0.164 e. The van der Waals surface area contributed by atoms with E-state index >= 15 is 0 Å². The SMILES string of the molecule is CNCC(O)c1c(Cl)cc2c(c1C)OCCO2. The molecule has 5 heteroatoms. The number of aliphatic hydroxyl groups excluding tert-OH is 1. The van der Waals surface area contributed by atoms with E-state index in [1.165, 1.54) is 0 Å². The van der Waals surface area contributed by atoms with Gasteiger partial charge in [-0.05, 0) is 14.0 Å². The molecule has 0 aromatic heterocycles. The summed E-state index contributed by atoms with van der Waals surface area (Å²) in [5.41, 5.74) is 1.54. The number of rotatable bonds is 3. The van der Waals surface area contributed by atoms with E-state index in [9.17, 15) is 5.11 Å². The van der Waals surface area contributed by atoms with Crippen molar-refractivity contribution in [2.24, 2.45) is 0 Å². The minimum Gasteiger partial charge on any atom is -0.486 e. The van der Waals surface area contributed by atoms with E-state index in [0.717, 1.165) is 5.56 Å². The molecule has 1 aromatic rings. The molecule has 4 nitrogen and oxygen atoms in total. The van der Waals surface area contributed by atoms with E-state index in [0.29, 0.717) is 41.8 Å². The van der Waals surface area contributed by atoms with Crippen molar-refractivity contribution >= 4 is 11.6 Å². The van der Waals surface area contributed by atoms with Gasteiger partial charge >= 0.3 is 0 Å². The number of benzene rings is 1.